The van der Waals surface area contributed by atoms with Crippen molar-refractivity contribution in [3.05, 3.63) is 23.8 Å². The van der Waals surface area contributed by atoms with Crippen LogP contribution in [0.5, 0.6) is 0 Å². The summed E-state index contributed by atoms with van der Waals surface area (Å²) in [6.07, 6.45) is 6.51. The molecule has 0 saturated heterocycles. The molecule has 0 rings (SSSR count). The smallest absolute Gasteiger partial charge is 0.330 e. The van der Waals surface area contributed by atoms with E-state index in [4.69, 9.17) is 9.16 Å². The van der Waals surface area contributed by atoms with Gasteiger partial charge >= 0.3 is 5.97 Å². The summed E-state index contributed by atoms with van der Waals surface area (Å²) in [4.78, 5) is 11.3. The van der Waals surface area contributed by atoms with Crippen molar-refractivity contribution in [2.45, 2.75) is 66.1 Å². The molecule has 0 aromatic rings. The molecule has 128 valence electrons. The third-order valence-corrected chi connectivity index (χ3v) is 8.76. The molecule has 0 aliphatic carbocycles. The number of esters is 1. The zero-order valence-corrected chi connectivity index (χ0v) is 16.7. The lowest BCUT2D eigenvalue weighted by Gasteiger charge is -2.37. The van der Waals surface area contributed by atoms with E-state index in [-0.39, 0.29) is 11.0 Å². The fourth-order valence-corrected chi connectivity index (χ4v) is 2.70. The molecule has 3 nitrogen and oxygen atoms in total. The third-order valence-electron chi connectivity index (χ3n) is 4.26. The second kappa shape index (κ2) is 9.31. The molecule has 4 heteroatoms. The maximum Gasteiger partial charge on any atom is 0.330 e. The number of hydrogen-bond donors (Lipinski definition) is 0. The van der Waals surface area contributed by atoms with Crippen LogP contribution in [0.3, 0.4) is 0 Å². The molecular formula is C18H34O3Si. The molecule has 1 atom stereocenters. The molecule has 0 spiro atoms. The minimum absolute atomic E-state index is 0.230. The van der Waals surface area contributed by atoms with Gasteiger partial charge < -0.3 is 9.16 Å². The summed E-state index contributed by atoms with van der Waals surface area (Å²) >= 11 is 0. The fraction of sp³-hybridized carbons (Fsp3) is 0.722. The SMILES string of the molecule is CCOC(=O)/C=C/C(C)=C/C(CC)CO[Si](C)(C)C(C)(C)C. The Morgan fingerprint density at radius 1 is 1.18 bits per heavy atom. The first kappa shape index (κ1) is 21.1. The quantitative estimate of drug-likeness (QED) is 0.269. The average Bonchev–Trinajstić information content (AvgIpc) is 2.40. The van der Waals surface area contributed by atoms with Crippen molar-refractivity contribution in [1.82, 2.24) is 0 Å². The van der Waals surface area contributed by atoms with Crippen LogP contribution in [-0.4, -0.2) is 27.5 Å². The third kappa shape index (κ3) is 7.94. The number of carbonyl (C=O) groups excluding carboxylic acids is 1. The van der Waals surface area contributed by atoms with Gasteiger partial charge in [0.1, 0.15) is 0 Å². The monoisotopic (exact) mass is 326 g/mol. The average molecular weight is 327 g/mol. The van der Waals surface area contributed by atoms with Crippen LogP contribution in [0, 0.1) is 5.92 Å². The van der Waals surface area contributed by atoms with E-state index in [1.807, 2.05) is 13.0 Å². The molecule has 0 saturated carbocycles. The molecule has 0 aliphatic heterocycles. The highest BCUT2D eigenvalue weighted by Gasteiger charge is 2.37. The second-order valence-electron chi connectivity index (χ2n) is 7.24. The highest BCUT2D eigenvalue weighted by atomic mass is 28.4. The summed E-state index contributed by atoms with van der Waals surface area (Å²) in [5, 5.41) is 0.230. The van der Waals surface area contributed by atoms with E-state index in [0.717, 1.165) is 18.6 Å². The summed E-state index contributed by atoms with van der Waals surface area (Å²) < 4.78 is 11.2. The fourth-order valence-electron chi connectivity index (χ4n) is 1.63. The van der Waals surface area contributed by atoms with Gasteiger partial charge in [-0.2, -0.15) is 0 Å². The van der Waals surface area contributed by atoms with Crippen molar-refractivity contribution in [3.8, 4) is 0 Å². The van der Waals surface area contributed by atoms with Crippen molar-refractivity contribution in [3.63, 3.8) is 0 Å². The molecule has 22 heavy (non-hydrogen) atoms. The summed E-state index contributed by atoms with van der Waals surface area (Å²) in [7, 11) is -1.70. The first-order chi connectivity index (χ1) is 10.0. The van der Waals surface area contributed by atoms with E-state index >= 15 is 0 Å². The highest BCUT2D eigenvalue weighted by Crippen LogP contribution is 2.36. The number of rotatable bonds is 8. The normalized spacial score (nSPS) is 15.2. The largest absolute Gasteiger partial charge is 0.463 e. The van der Waals surface area contributed by atoms with Gasteiger partial charge in [0.25, 0.3) is 0 Å². The van der Waals surface area contributed by atoms with Gasteiger partial charge in [-0.3, -0.25) is 0 Å². The van der Waals surface area contributed by atoms with E-state index in [1.54, 1.807) is 6.92 Å². The van der Waals surface area contributed by atoms with Gasteiger partial charge in [-0.05, 0) is 44.3 Å². The molecule has 0 aromatic heterocycles. The highest BCUT2D eigenvalue weighted by molar-refractivity contribution is 6.74. The van der Waals surface area contributed by atoms with Gasteiger partial charge in [0.15, 0.2) is 8.32 Å². The van der Waals surface area contributed by atoms with E-state index in [0.29, 0.717) is 12.5 Å². The molecule has 0 aliphatic rings. The van der Waals surface area contributed by atoms with Crippen LogP contribution in [0.25, 0.3) is 0 Å². The van der Waals surface area contributed by atoms with Gasteiger partial charge in [-0.1, -0.05) is 45.4 Å². The Bertz CT molecular complexity index is 403. The van der Waals surface area contributed by atoms with Gasteiger partial charge in [0, 0.05) is 12.7 Å². The van der Waals surface area contributed by atoms with Crippen molar-refractivity contribution in [2.24, 2.45) is 5.92 Å². The van der Waals surface area contributed by atoms with Gasteiger partial charge in [-0.25, -0.2) is 4.79 Å². The Morgan fingerprint density at radius 3 is 2.23 bits per heavy atom. The number of hydrogen-bond acceptors (Lipinski definition) is 3. The zero-order chi connectivity index (χ0) is 17.4. The summed E-state index contributed by atoms with van der Waals surface area (Å²) in [5.41, 5.74) is 1.07. The molecule has 0 N–H and O–H groups in total. The van der Waals surface area contributed by atoms with E-state index in [2.05, 4.69) is 46.9 Å². The zero-order valence-electron chi connectivity index (χ0n) is 15.7. The number of allylic oxidation sites excluding steroid dienone is 2. The Kier molecular flexibility index (Phi) is 8.94. The van der Waals surface area contributed by atoms with Gasteiger partial charge in [0.05, 0.1) is 6.61 Å². The van der Waals surface area contributed by atoms with Crippen LogP contribution >= 0.6 is 0 Å². The Hall–Kier alpha value is -0.873. The molecule has 1 unspecified atom stereocenters. The van der Waals surface area contributed by atoms with Crippen molar-refractivity contribution in [2.75, 3.05) is 13.2 Å². The van der Waals surface area contributed by atoms with Gasteiger partial charge in [-0.15, -0.1) is 0 Å². The van der Waals surface area contributed by atoms with Crippen LogP contribution in [0.15, 0.2) is 23.8 Å². The van der Waals surface area contributed by atoms with Crippen molar-refractivity contribution in [1.29, 1.82) is 0 Å². The molecule has 0 heterocycles. The van der Waals surface area contributed by atoms with Crippen LogP contribution in [0.1, 0.15) is 48.0 Å². The first-order valence-electron chi connectivity index (χ1n) is 8.20. The lowest BCUT2D eigenvalue weighted by molar-refractivity contribution is -0.137. The van der Waals surface area contributed by atoms with Crippen LogP contribution < -0.4 is 0 Å². The number of ether oxygens (including phenoxy) is 1. The maximum atomic E-state index is 11.3. The summed E-state index contributed by atoms with van der Waals surface area (Å²) in [5.74, 6) is 0.0850. The van der Waals surface area contributed by atoms with Crippen LogP contribution in [0.2, 0.25) is 18.1 Å². The van der Waals surface area contributed by atoms with Crippen molar-refractivity contribution >= 4 is 14.3 Å². The van der Waals surface area contributed by atoms with E-state index in [1.165, 1.54) is 6.08 Å². The predicted molar refractivity (Wildman–Crippen MR) is 96.5 cm³/mol. The van der Waals surface area contributed by atoms with E-state index in [9.17, 15) is 4.79 Å². The van der Waals surface area contributed by atoms with Crippen molar-refractivity contribution < 1.29 is 14.0 Å². The molecule has 0 radical (unpaired) electrons. The lowest BCUT2D eigenvalue weighted by Crippen LogP contribution is -2.41. The Labute approximate surface area is 137 Å². The predicted octanol–water partition coefficient (Wildman–Crippen LogP) is 5.10. The Morgan fingerprint density at radius 2 is 1.77 bits per heavy atom. The summed E-state index contributed by atoms with van der Waals surface area (Å²) in [6.45, 7) is 18.4. The van der Waals surface area contributed by atoms with Crippen LogP contribution in [-0.2, 0) is 14.0 Å². The molecule has 0 aromatic carbocycles. The topological polar surface area (TPSA) is 35.5 Å². The van der Waals surface area contributed by atoms with Crippen LogP contribution in [0.4, 0.5) is 0 Å². The van der Waals surface area contributed by atoms with E-state index < -0.39 is 8.32 Å². The second-order valence-corrected chi connectivity index (χ2v) is 12.0. The first-order valence-corrected chi connectivity index (χ1v) is 11.1. The minimum atomic E-state index is -1.70. The Balaban J connectivity index is 4.65. The number of carbonyl (C=O) groups is 1. The molecule has 0 bridgehead atoms. The molecule has 0 amide bonds. The summed E-state index contributed by atoms with van der Waals surface area (Å²) in [6, 6.07) is 0. The molecule has 0 fully saturated rings. The minimum Gasteiger partial charge on any atom is -0.463 e. The lowest BCUT2D eigenvalue weighted by atomic mass is 10.0. The standard InChI is InChI=1S/C18H34O3Si/c1-9-16(14-21-22(7,8)18(4,5)6)13-15(3)11-12-17(19)20-10-2/h11-13,16H,9-10,14H2,1-8H3/b12-11+,15-13+. The van der Waals surface area contributed by atoms with Gasteiger partial charge in [0.2, 0.25) is 0 Å². The maximum absolute atomic E-state index is 11.3. The molecular weight excluding hydrogens is 292 g/mol.